The molecule has 0 aromatic carbocycles. The number of aliphatic imine (C=N–C) groups is 1. The second-order valence-electron chi connectivity index (χ2n) is 4.20. The monoisotopic (exact) mass is 228 g/mol. The molecule has 94 valence electrons. The molecule has 5 nitrogen and oxygen atoms in total. The van der Waals surface area contributed by atoms with E-state index in [-0.39, 0.29) is 0 Å². The predicted molar refractivity (Wildman–Crippen MR) is 66.1 cm³/mol. The largest absolute Gasteiger partial charge is 0.385 e. The summed E-state index contributed by atoms with van der Waals surface area (Å²) in [6.45, 7) is 1.48. The second-order valence-corrected chi connectivity index (χ2v) is 4.20. The summed E-state index contributed by atoms with van der Waals surface area (Å²) in [5, 5.41) is 3.36. The molecule has 1 saturated carbocycles. The van der Waals surface area contributed by atoms with Crippen molar-refractivity contribution in [3.05, 3.63) is 0 Å². The summed E-state index contributed by atoms with van der Waals surface area (Å²) in [6, 6.07) is 0.533. The third-order valence-corrected chi connectivity index (χ3v) is 2.86. The topological polar surface area (TPSA) is 71.7 Å². The average molecular weight is 228 g/mol. The molecule has 0 spiro atoms. The summed E-state index contributed by atoms with van der Waals surface area (Å²) in [4.78, 5) is 4.36. The highest BCUT2D eigenvalue weighted by Crippen LogP contribution is 2.17. The molecule has 5 heteroatoms. The van der Waals surface area contributed by atoms with Gasteiger partial charge >= 0.3 is 0 Å². The van der Waals surface area contributed by atoms with Gasteiger partial charge in [-0.25, -0.2) is 5.84 Å². The lowest BCUT2D eigenvalue weighted by Gasteiger charge is -2.24. The summed E-state index contributed by atoms with van der Waals surface area (Å²) >= 11 is 0. The van der Waals surface area contributed by atoms with E-state index in [9.17, 15) is 0 Å². The van der Waals surface area contributed by atoms with Crippen molar-refractivity contribution in [2.45, 2.75) is 44.6 Å². The minimum Gasteiger partial charge on any atom is -0.385 e. The van der Waals surface area contributed by atoms with Crippen LogP contribution in [0.3, 0.4) is 0 Å². The molecule has 0 aliphatic heterocycles. The SMILES string of the molecule is COCCCN=C(NN)NC1CCCCC1. The fourth-order valence-corrected chi connectivity index (χ4v) is 1.97. The zero-order valence-electron chi connectivity index (χ0n) is 10.2. The maximum atomic E-state index is 5.43. The minimum atomic E-state index is 0.533. The van der Waals surface area contributed by atoms with E-state index in [2.05, 4.69) is 15.7 Å². The Kier molecular flexibility index (Phi) is 6.92. The van der Waals surface area contributed by atoms with Gasteiger partial charge in [-0.15, -0.1) is 0 Å². The lowest BCUT2D eigenvalue weighted by molar-refractivity contribution is 0.197. The van der Waals surface area contributed by atoms with E-state index in [0.717, 1.165) is 19.6 Å². The van der Waals surface area contributed by atoms with Crippen LogP contribution in [0.4, 0.5) is 0 Å². The van der Waals surface area contributed by atoms with Gasteiger partial charge in [-0.3, -0.25) is 10.4 Å². The van der Waals surface area contributed by atoms with Crippen LogP contribution in [-0.2, 0) is 4.74 Å². The molecule has 1 aliphatic rings. The summed E-state index contributed by atoms with van der Waals surface area (Å²) in [7, 11) is 1.70. The van der Waals surface area contributed by atoms with Crippen LogP contribution < -0.4 is 16.6 Å². The molecule has 0 bridgehead atoms. The Bertz CT molecular complexity index is 202. The Morgan fingerprint density at radius 2 is 2.12 bits per heavy atom. The van der Waals surface area contributed by atoms with Gasteiger partial charge in [0, 0.05) is 26.3 Å². The highest BCUT2D eigenvalue weighted by atomic mass is 16.5. The standard InChI is InChI=1S/C11H24N4O/c1-16-9-5-8-13-11(15-12)14-10-6-3-2-4-7-10/h10H,2-9,12H2,1H3,(H2,13,14,15). The van der Waals surface area contributed by atoms with Crippen LogP contribution in [0.2, 0.25) is 0 Å². The normalized spacial score (nSPS) is 18.5. The van der Waals surface area contributed by atoms with Crippen molar-refractivity contribution in [1.82, 2.24) is 10.7 Å². The Morgan fingerprint density at radius 3 is 2.75 bits per heavy atom. The fourth-order valence-electron chi connectivity index (χ4n) is 1.97. The van der Waals surface area contributed by atoms with Gasteiger partial charge in [0.25, 0.3) is 0 Å². The highest BCUT2D eigenvalue weighted by Gasteiger charge is 2.13. The third kappa shape index (κ3) is 5.32. The summed E-state index contributed by atoms with van der Waals surface area (Å²) in [6.07, 6.45) is 7.33. The number of methoxy groups -OCH3 is 1. The van der Waals surface area contributed by atoms with Crippen LogP contribution in [0.5, 0.6) is 0 Å². The first-order chi connectivity index (χ1) is 7.86. The Balaban J connectivity index is 2.23. The van der Waals surface area contributed by atoms with Crippen molar-refractivity contribution in [2.24, 2.45) is 10.8 Å². The maximum Gasteiger partial charge on any atom is 0.205 e. The lowest BCUT2D eigenvalue weighted by Crippen LogP contribution is -2.47. The van der Waals surface area contributed by atoms with E-state index < -0.39 is 0 Å². The van der Waals surface area contributed by atoms with Crippen LogP contribution in [0.25, 0.3) is 0 Å². The summed E-state index contributed by atoms with van der Waals surface area (Å²) in [5.74, 6) is 6.14. The molecule has 0 unspecified atom stereocenters. The lowest BCUT2D eigenvalue weighted by atomic mass is 9.96. The smallest absolute Gasteiger partial charge is 0.205 e. The number of rotatable bonds is 5. The number of ether oxygens (including phenoxy) is 1. The first-order valence-corrected chi connectivity index (χ1v) is 6.13. The third-order valence-electron chi connectivity index (χ3n) is 2.86. The van der Waals surface area contributed by atoms with Gasteiger partial charge in [-0.1, -0.05) is 19.3 Å². The number of hydrogen-bond donors (Lipinski definition) is 3. The number of nitrogens with one attached hydrogen (secondary N) is 2. The number of hydrogen-bond acceptors (Lipinski definition) is 3. The number of guanidine groups is 1. The number of hydrazine groups is 1. The molecule has 1 aliphatic carbocycles. The van der Waals surface area contributed by atoms with Crippen molar-refractivity contribution < 1.29 is 4.74 Å². The quantitative estimate of drug-likeness (QED) is 0.214. The number of nitrogens with zero attached hydrogens (tertiary/aromatic N) is 1. The van der Waals surface area contributed by atoms with Crippen molar-refractivity contribution in [3.8, 4) is 0 Å². The van der Waals surface area contributed by atoms with Crippen LogP contribution in [-0.4, -0.2) is 32.3 Å². The molecular weight excluding hydrogens is 204 g/mol. The zero-order chi connectivity index (χ0) is 11.6. The molecule has 0 atom stereocenters. The van der Waals surface area contributed by atoms with Crippen LogP contribution in [0, 0.1) is 0 Å². The molecule has 1 rings (SSSR count). The van der Waals surface area contributed by atoms with Crippen molar-refractivity contribution in [3.63, 3.8) is 0 Å². The first-order valence-electron chi connectivity index (χ1n) is 6.13. The molecule has 0 amide bonds. The fraction of sp³-hybridized carbons (Fsp3) is 0.909. The van der Waals surface area contributed by atoms with Gasteiger partial charge in [-0.2, -0.15) is 0 Å². The van der Waals surface area contributed by atoms with Gasteiger partial charge in [0.2, 0.25) is 5.96 Å². The van der Waals surface area contributed by atoms with E-state index in [1.165, 1.54) is 32.1 Å². The molecule has 1 fully saturated rings. The maximum absolute atomic E-state index is 5.43. The second kappa shape index (κ2) is 8.35. The highest BCUT2D eigenvalue weighted by molar-refractivity contribution is 5.79. The molecular formula is C11H24N4O. The van der Waals surface area contributed by atoms with E-state index in [4.69, 9.17) is 10.6 Å². The first kappa shape index (κ1) is 13.3. The molecule has 0 heterocycles. The number of nitrogens with two attached hydrogens (primary N) is 1. The van der Waals surface area contributed by atoms with E-state index in [0.29, 0.717) is 12.0 Å². The zero-order valence-corrected chi connectivity index (χ0v) is 10.2. The molecule has 16 heavy (non-hydrogen) atoms. The molecule has 0 aromatic rings. The van der Waals surface area contributed by atoms with E-state index >= 15 is 0 Å². The van der Waals surface area contributed by atoms with Crippen molar-refractivity contribution in [2.75, 3.05) is 20.3 Å². The van der Waals surface area contributed by atoms with Crippen LogP contribution in [0.15, 0.2) is 4.99 Å². The van der Waals surface area contributed by atoms with E-state index in [1.54, 1.807) is 7.11 Å². The van der Waals surface area contributed by atoms with Gasteiger partial charge in [0.15, 0.2) is 0 Å². The summed E-state index contributed by atoms with van der Waals surface area (Å²) < 4.78 is 4.97. The molecule has 0 radical (unpaired) electrons. The van der Waals surface area contributed by atoms with Crippen molar-refractivity contribution >= 4 is 5.96 Å². The van der Waals surface area contributed by atoms with Gasteiger partial charge in [0.05, 0.1) is 0 Å². The summed E-state index contributed by atoms with van der Waals surface area (Å²) in [5.41, 5.74) is 2.62. The Hall–Kier alpha value is -0.810. The minimum absolute atomic E-state index is 0.533. The van der Waals surface area contributed by atoms with Crippen molar-refractivity contribution in [1.29, 1.82) is 0 Å². The Morgan fingerprint density at radius 1 is 1.38 bits per heavy atom. The van der Waals surface area contributed by atoms with E-state index in [1.807, 2.05) is 0 Å². The van der Waals surface area contributed by atoms with Gasteiger partial charge < -0.3 is 10.1 Å². The average Bonchev–Trinajstić information content (AvgIpc) is 2.34. The van der Waals surface area contributed by atoms with Gasteiger partial charge in [0.1, 0.15) is 0 Å². The molecule has 0 aromatic heterocycles. The Labute approximate surface area is 97.8 Å². The molecule has 4 N–H and O–H groups in total. The van der Waals surface area contributed by atoms with Crippen LogP contribution >= 0.6 is 0 Å². The van der Waals surface area contributed by atoms with Crippen LogP contribution in [0.1, 0.15) is 38.5 Å². The molecule has 0 saturated heterocycles. The van der Waals surface area contributed by atoms with Gasteiger partial charge in [-0.05, 0) is 19.3 Å². The predicted octanol–water partition coefficient (Wildman–Crippen LogP) is 0.764.